The van der Waals surface area contributed by atoms with E-state index in [1.54, 1.807) is 24.3 Å². The Morgan fingerprint density at radius 1 is 1.00 bits per heavy atom. The summed E-state index contributed by atoms with van der Waals surface area (Å²) in [6.45, 7) is 2.30. The minimum absolute atomic E-state index is 0.00757. The summed E-state index contributed by atoms with van der Waals surface area (Å²) in [7, 11) is 0. The van der Waals surface area contributed by atoms with Crippen molar-refractivity contribution >= 4 is 34.4 Å². The van der Waals surface area contributed by atoms with Gasteiger partial charge in [0.15, 0.2) is 0 Å². The van der Waals surface area contributed by atoms with E-state index >= 15 is 0 Å². The van der Waals surface area contributed by atoms with Crippen LogP contribution in [0.1, 0.15) is 12.5 Å². The maximum Gasteiger partial charge on any atom is 0.282 e. The van der Waals surface area contributed by atoms with Crippen LogP contribution < -0.4 is 15.0 Å². The Morgan fingerprint density at radius 2 is 1.70 bits per heavy atom. The van der Waals surface area contributed by atoms with E-state index in [0.29, 0.717) is 23.6 Å². The number of hydrogen-bond acceptors (Lipinski definition) is 6. The Hall–Kier alpha value is -4.53. The van der Waals surface area contributed by atoms with Gasteiger partial charge in [-0.15, -0.1) is 0 Å². The Labute approximate surface area is 188 Å². The molecule has 4 rings (SSSR count). The van der Waals surface area contributed by atoms with Crippen molar-refractivity contribution in [1.82, 2.24) is 0 Å². The molecule has 1 aliphatic rings. The Bertz CT molecular complexity index is 1270. The topological polar surface area (TPSA) is 102 Å². The highest BCUT2D eigenvalue weighted by atomic mass is 19.1. The molecule has 2 amide bonds. The van der Waals surface area contributed by atoms with Crippen LogP contribution in [-0.4, -0.2) is 23.3 Å². The average Bonchev–Trinajstić information content (AvgIpc) is 3.04. The molecule has 0 spiro atoms. The van der Waals surface area contributed by atoms with E-state index in [9.17, 15) is 24.1 Å². The molecule has 0 unspecified atom stereocenters. The van der Waals surface area contributed by atoms with Gasteiger partial charge in [0.05, 0.1) is 22.8 Å². The number of carbonyl (C=O) groups is 2. The molecule has 0 saturated carbocycles. The van der Waals surface area contributed by atoms with Gasteiger partial charge >= 0.3 is 0 Å². The third-order valence-electron chi connectivity index (χ3n) is 4.95. The molecule has 166 valence electrons. The quantitative estimate of drug-likeness (QED) is 0.324. The van der Waals surface area contributed by atoms with Gasteiger partial charge in [-0.25, -0.2) is 9.29 Å². The summed E-state index contributed by atoms with van der Waals surface area (Å²) in [5.74, 6) is -1.20. The normalized spacial score (nSPS) is 13.5. The van der Waals surface area contributed by atoms with Crippen molar-refractivity contribution < 1.29 is 23.6 Å². The monoisotopic (exact) mass is 447 g/mol. The first kappa shape index (κ1) is 21.7. The van der Waals surface area contributed by atoms with Crippen LogP contribution in [0.2, 0.25) is 0 Å². The van der Waals surface area contributed by atoms with E-state index in [2.05, 4.69) is 5.32 Å². The predicted molar refractivity (Wildman–Crippen MR) is 120 cm³/mol. The summed E-state index contributed by atoms with van der Waals surface area (Å²) in [6.07, 6.45) is 0. The molecule has 0 saturated heterocycles. The highest BCUT2D eigenvalue weighted by Crippen LogP contribution is 2.34. The number of amides is 2. The first-order valence-corrected chi connectivity index (χ1v) is 10.0. The highest BCUT2D eigenvalue weighted by molar-refractivity contribution is 6.46. The second-order valence-corrected chi connectivity index (χ2v) is 7.06. The molecule has 0 fully saturated rings. The number of benzene rings is 3. The number of ether oxygens (including phenoxy) is 1. The standard InChI is InChI=1S/C24H18FN3O5/c1-2-33-20-5-3-4-17(14-20)26-22-21(15-6-10-19(11-7-15)28(31)32)23(29)27(24(22)30)18-12-8-16(25)9-13-18/h3-14,26H,2H2,1H3. The molecule has 3 aromatic rings. The van der Waals surface area contributed by atoms with Crippen molar-refractivity contribution in [2.24, 2.45) is 0 Å². The van der Waals surface area contributed by atoms with Crippen LogP contribution >= 0.6 is 0 Å². The number of carbonyl (C=O) groups excluding carboxylic acids is 2. The molecular formula is C24H18FN3O5. The van der Waals surface area contributed by atoms with Gasteiger partial charge in [-0.1, -0.05) is 6.07 Å². The SMILES string of the molecule is CCOc1cccc(NC2=C(c3ccc([N+](=O)[O-])cc3)C(=O)N(c3ccc(F)cc3)C2=O)c1. The number of non-ortho nitro benzene ring substituents is 1. The van der Waals surface area contributed by atoms with Gasteiger partial charge in [-0.05, 0) is 61.0 Å². The summed E-state index contributed by atoms with van der Waals surface area (Å²) >= 11 is 0. The van der Waals surface area contributed by atoms with Gasteiger partial charge in [0.1, 0.15) is 17.3 Å². The summed E-state index contributed by atoms with van der Waals surface area (Å²) in [4.78, 5) is 38.1. The number of imide groups is 1. The molecule has 8 nitrogen and oxygen atoms in total. The minimum Gasteiger partial charge on any atom is -0.494 e. The van der Waals surface area contributed by atoms with Crippen LogP contribution in [0.25, 0.3) is 5.57 Å². The molecule has 9 heteroatoms. The Kier molecular flexibility index (Phi) is 5.86. The number of halogens is 1. The average molecular weight is 447 g/mol. The molecule has 1 N–H and O–H groups in total. The first-order chi connectivity index (χ1) is 15.9. The van der Waals surface area contributed by atoms with Crippen LogP contribution in [0.4, 0.5) is 21.5 Å². The second-order valence-electron chi connectivity index (χ2n) is 7.06. The fourth-order valence-corrected chi connectivity index (χ4v) is 3.46. The minimum atomic E-state index is -0.637. The number of nitro groups is 1. The predicted octanol–water partition coefficient (Wildman–Crippen LogP) is 4.53. The summed E-state index contributed by atoms with van der Waals surface area (Å²) in [5, 5.41) is 14.0. The Balaban J connectivity index is 1.79. The van der Waals surface area contributed by atoms with E-state index in [0.717, 1.165) is 17.0 Å². The number of hydrogen-bond donors (Lipinski definition) is 1. The fraction of sp³-hybridized carbons (Fsp3) is 0.0833. The van der Waals surface area contributed by atoms with Crippen molar-refractivity contribution in [3.8, 4) is 5.75 Å². The van der Waals surface area contributed by atoms with E-state index < -0.39 is 22.6 Å². The van der Waals surface area contributed by atoms with E-state index in [1.807, 2.05) is 6.92 Å². The van der Waals surface area contributed by atoms with Crippen molar-refractivity contribution in [3.63, 3.8) is 0 Å². The zero-order chi connectivity index (χ0) is 23.5. The molecule has 1 heterocycles. The molecule has 0 bridgehead atoms. The third-order valence-corrected chi connectivity index (χ3v) is 4.95. The number of rotatable bonds is 7. The number of nitro benzene ring substituents is 1. The van der Waals surface area contributed by atoms with E-state index in [4.69, 9.17) is 4.74 Å². The summed E-state index contributed by atoms with van der Waals surface area (Å²) < 4.78 is 18.9. The van der Waals surface area contributed by atoms with Crippen LogP contribution in [0.3, 0.4) is 0 Å². The molecule has 0 radical (unpaired) electrons. The second kappa shape index (κ2) is 8.91. The number of nitrogens with one attached hydrogen (secondary N) is 1. The van der Waals surface area contributed by atoms with Crippen molar-refractivity contribution in [1.29, 1.82) is 0 Å². The lowest BCUT2D eigenvalue weighted by Gasteiger charge is -2.15. The van der Waals surface area contributed by atoms with Crippen LogP contribution in [0, 0.1) is 15.9 Å². The number of anilines is 2. The van der Waals surface area contributed by atoms with Crippen LogP contribution in [0.5, 0.6) is 5.75 Å². The molecular weight excluding hydrogens is 429 g/mol. The van der Waals surface area contributed by atoms with Crippen molar-refractivity contribution in [2.45, 2.75) is 6.92 Å². The molecule has 0 aliphatic carbocycles. The zero-order valence-electron chi connectivity index (χ0n) is 17.4. The fourth-order valence-electron chi connectivity index (χ4n) is 3.46. The van der Waals surface area contributed by atoms with Gasteiger partial charge in [0.25, 0.3) is 17.5 Å². The summed E-state index contributed by atoms with van der Waals surface area (Å²) in [6, 6.07) is 17.2. The van der Waals surface area contributed by atoms with Gasteiger partial charge in [-0.3, -0.25) is 19.7 Å². The lowest BCUT2D eigenvalue weighted by atomic mass is 10.0. The van der Waals surface area contributed by atoms with Gasteiger partial charge in [0.2, 0.25) is 0 Å². The molecule has 3 aromatic carbocycles. The van der Waals surface area contributed by atoms with Crippen molar-refractivity contribution in [2.75, 3.05) is 16.8 Å². The maximum atomic E-state index is 13.4. The number of nitrogens with zero attached hydrogens (tertiary/aromatic N) is 2. The van der Waals surface area contributed by atoms with Crippen molar-refractivity contribution in [3.05, 3.63) is 100.0 Å². The lowest BCUT2D eigenvalue weighted by molar-refractivity contribution is -0.384. The smallest absolute Gasteiger partial charge is 0.282 e. The lowest BCUT2D eigenvalue weighted by Crippen LogP contribution is -2.32. The van der Waals surface area contributed by atoms with Gasteiger partial charge in [-0.2, -0.15) is 0 Å². The first-order valence-electron chi connectivity index (χ1n) is 10.0. The molecule has 1 aliphatic heterocycles. The van der Waals surface area contributed by atoms with Gasteiger partial charge < -0.3 is 10.1 Å². The zero-order valence-corrected chi connectivity index (χ0v) is 17.4. The molecule has 0 aromatic heterocycles. The largest absolute Gasteiger partial charge is 0.494 e. The van der Waals surface area contributed by atoms with E-state index in [1.165, 1.54) is 36.4 Å². The van der Waals surface area contributed by atoms with Gasteiger partial charge in [0, 0.05) is 23.9 Å². The van der Waals surface area contributed by atoms with Crippen LogP contribution in [-0.2, 0) is 9.59 Å². The Morgan fingerprint density at radius 3 is 2.33 bits per heavy atom. The maximum absolute atomic E-state index is 13.4. The molecule has 33 heavy (non-hydrogen) atoms. The van der Waals surface area contributed by atoms with Crippen LogP contribution in [0.15, 0.2) is 78.5 Å². The summed E-state index contributed by atoms with van der Waals surface area (Å²) in [5.41, 5.74) is 0.925. The highest BCUT2D eigenvalue weighted by Gasteiger charge is 2.40. The molecule has 0 atom stereocenters. The van der Waals surface area contributed by atoms with E-state index in [-0.39, 0.29) is 22.6 Å². The third kappa shape index (κ3) is 4.29.